The van der Waals surface area contributed by atoms with Crippen LogP contribution in [0.5, 0.6) is 0 Å². The molecule has 0 spiro atoms. The molecular formula is C12H25NO2. The molecule has 0 radical (unpaired) electrons. The highest BCUT2D eigenvalue weighted by Crippen LogP contribution is 2.33. The Hall–Kier alpha value is -0.120. The van der Waals surface area contributed by atoms with Crippen molar-refractivity contribution in [2.45, 2.75) is 39.2 Å². The van der Waals surface area contributed by atoms with Crippen LogP contribution in [0.25, 0.3) is 0 Å². The Balaban J connectivity index is 1.82. The van der Waals surface area contributed by atoms with Crippen molar-refractivity contribution in [1.82, 2.24) is 5.32 Å². The van der Waals surface area contributed by atoms with Crippen molar-refractivity contribution >= 4 is 0 Å². The zero-order valence-corrected chi connectivity index (χ0v) is 10.0. The second-order valence-electron chi connectivity index (χ2n) is 4.82. The zero-order chi connectivity index (χ0) is 11.1. The molecule has 2 N–H and O–H groups in total. The highest BCUT2D eigenvalue weighted by atomic mass is 16.5. The van der Waals surface area contributed by atoms with Gasteiger partial charge in [0.25, 0.3) is 0 Å². The second kappa shape index (κ2) is 7.20. The summed E-state index contributed by atoms with van der Waals surface area (Å²) in [5.74, 6) is 1.78. The third-order valence-corrected chi connectivity index (χ3v) is 3.25. The zero-order valence-electron chi connectivity index (χ0n) is 10.0. The minimum absolute atomic E-state index is 0.131. The molecule has 0 unspecified atom stereocenters. The summed E-state index contributed by atoms with van der Waals surface area (Å²) < 4.78 is 5.19. The molecule has 0 heterocycles. The van der Waals surface area contributed by atoms with E-state index in [-0.39, 0.29) is 6.61 Å². The molecule has 0 atom stereocenters. The molecule has 0 aromatic rings. The normalized spacial score (nSPS) is 25.6. The van der Waals surface area contributed by atoms with E-state index in [0.717, 1.165) is 37.5 Å². The van der Waals surface area contributed by atoms with Crippen LogP contribution in [0.2, 0.25) is 0 Å². The molecule has 0 aromatic heterocycles. The number of aliphatic hydroxyl groups is 1. The van der Waals surface area contributed by atoms with Gasteiger partial charge in [-0.05, 0) is 37.6 Å². The maximum absolute atomic E-state index is 8.50. The summed E-state index contributed by atoms with van der Waals surface area (Å²) in [6, 6.07) is 0.746. The van der Waals surface area contributed by atoms with Gasteiger partial charge in [0.2, 0.25) is 0 Å². The third kappa shape index (κ3) is 4.96. The summed E-state index contributed by atoms with van der Waals surface area (Å²) in [7, 11) is 0. The number of aliphatic hydroxyl groups excluding tert-OH is 1. The van der Waals surface area contributed by atoms with Crippen LogP contribution in [-0.2, 0) is 4.74 Å². The summed E-state index contributed by atoms with van der Waals surface area (Å²) >= 11 is 0. The number of hydrogen-bond acceptors (Lipinski definition) is 3. The maximum atomic E-state index is 8.50. The predicted molar refractivity (Wildman–Crippen MR) is 61.9 cm³/mol. The first kappa shape index (κ1) is 12.9. The first-order valence-corrected chi connectivity index (χ1v) is 6.16. The van der Waals surface area contributed by atoms with Crippen LogP contribution in [0.3, 0.4) is 0 Å². The molecule has 0 bridgehead atoms. The Morgan fingerprint density at radius 2 is 2.07 bits per heavy atom. The first-order chi connectivity index (χ1) is 7.24. The lowest BCUT2D eigenvalue weighted by Crippen LogP contribution is -2.43. The van der Waals surface area contributed by atoms with E-state index in [4.69, 9.17) is 9.84 Å². The number of rotatable bonds is 8. The molecule has 0 amide bonds. The van der Waals surface area contributed by atoms with Gasteiger partial charge >= 0.3 is 0 Å². The van der Waals surface area contributed by atoms with Crippen LogP contribution in [-0.4, -0.2) is 37.5 Å². The van der Waals surface area contributed by atoms with Gasteiger partial charge in [0.05, 0.1) is 13.2 Å². The fourth-order valence-corrected chi connectivity index (χ4v) is 2.02. The lowest BCUT2D eigenvalue weighted by atomic mass is 9.74. The molecule has 1 fully saturated rings. The van der Waals surface area contributed by atoms with Crippen molar-refractivity contribution in [3.05, 3.63) is 0 Å². The van der Waals surface area contributed by atoms with Gasteiger partial charge < -0.3 is 15.2 Å². The summed E-state index contributed by atoms with van der Waals surface area (Å²) in [6.45, 7) is 7.02. The maximum Gasteiger partial charge on any atom is 0.0697 e. The van der Waals surface area contributed by atoms with Crippen molar-refractivity contribution in [3.63, 3.8) is 0 Å². The monoisotopic (exact) mass is 215 g/mol. The van der Waals surface area contributed by atoms with Gasteiger partial charge in [0.1, 0.15) is 0 Å². The molecule has 90 valence electrons. The lowest BCUT2D eigenvalue weighted by molar-refractivity contribution is 0.0883. The average Bonchev–Trinajstić information content (AvgIpc) is 2.12. The minimum atomic E-state index is 0.131. The van der Waals surface area contributed by atoms with Crippen LogP contribution in [0.4, 0.5) is 0 Å². The van der Waals surface area contributed by atoms with Crippen molar-refractivity contribution in [3.8, 4) is 0 Å². The predicted octanol–water partition coefficient (Wildman–Crippen LogP) is 1.41. The van der Waals surface area contributed by atoms with Crippen LogP contribution in [0.15, 0.2) is 0 Å². The van der Waals surface area contributed by atoms with Crippen LogP contribution < -0.4 is 5.32 Å². The van der Waals surface area contributed by atoms with E-state index in [2.05, 4.69) is 19.2 Å². The van der Waals surface area contributed by atoms with Gasteiger partial charge in [-0.25, -0.2) is 0 Å². The lowest BCUT2D eigenvalue weighted by Gasteiger charge is -2.38. The Morgan fingerprint density at radius 1 is 1.33 bits per heavy atom. The van der Waals surface area contributed by atoms with E-state index in [9.17, 15) is 0 Å². The summed E-state index contributed by atoms with van der Waals surface area (Å²) in [4.78, 5) is 0. The van der Waals surface area contributed by atoms with E-state index < -0.39 is 0 Å². The molecule has 3 heteroatoms. The highest BCUT2D eigenvalue weighted by Gasteiger charge is 2.30. The van der Waals surface area contributed by atoms with Crippen molar-refractivity contribution < 1.29 is 9.84 Å². The van der Waals surface area contributed by atoms with Crippen LogP contribution >= 0.6 is 0 Å². The average molecular weight is 215 g/mol. The van der Waals surface area contributed by atoms with Gasteiger partial charge in [-0.15, -0.1) is 0 Å². The highest BCUT2D eigenvalue weighted by molar-refractivity contribution is 4.86. The fourth-order valence-electron chi connectivity index (χ4n) is 2.02. The second-order valence-corrected chi connectivity index (χ2v) is 4.82. The molecule has 1 rings (SSSR count). The molecular weight excluding hydrogens is 190 g/mol. The Labute approximate surface area is 93.2 Å². The van der Waals surface area contributed by atoms with Gasteiger partial charge in [0, 0.05) is 12.6 Å². The van der Waals surface area contributed by atoms with Crippen LogP contribution in [0.1, 0.15) is 33.1 Å². The smallest absolute Gasteiger partial charge is 0.0697 e. The quantitative estimate of drug-likeness (QED) is 0.602. The van der Waals surface area contributed by atoms with Crippen LogP contribution in [0, 0.1) is 11.8 Å². The molecule has 3 nitrogen and oxygen atoms in total. The standard InChI is InChI=1S/C12H25NO2/c1-10(2)11-8-12(9-11)13-4-3-6-15-7-5-14/h10-14H,3-9H2,1-2H3. The summed E-state index contributed by atoms with van der Waals surface area (Å²) in [5, 5.41) is 12.0. The summed E-state index contributed by atoms with van der Waals surface area (Å²) in [6.07, 6.45) is 3.73. The number of nitrogens with one attached hydrogen (secondary N) is 1. The van der Waals surface area contributed by atoms with Crippen molar-refractivity contribution in [2.24, 2.45) is 11.8 Å². The number of hydrogen-bond donors (Lipinski definition) is 2. The largest absolute Gasteiger partial charge is 0.394 e. The van der Waals surface area contributed by atoms with Gasteiger partial charge in [-0.1, -0.05) is 13.8 Å². The molecule has 1 aliphatic carbocycles. The molecule has 1 saturated carbocycles. The first-order valence-electron chi connectivity index (χ1n) is 6.16. The molecule has 0 saturated heterocycles. The van der Waals surface area contributed by atoms with E-state index in [1.54, 1.807) is 0 Å². The van der Waals surface area contributed by atoms with Gasteiger partial charge in [0.15, 0.2) is 0 Å². The third-order valence-electron chi connectivity index (χ3n) is 3.25. The Bertz CT molecular complexity index is 156. The van der Waals surface area contributed by atoms with E-state index >= 15 is 0 Å². The van der Waals surface area contributed by atoms with Gasteiger partial charge in [-0.2, -0.15) is 0 Å². The van der Waals surface area contributed by atoms with E-state index in [1.807, 2.05) is 0 Å². The van der Waals surface area contributed by atoms with E-state index in [0.29, 0.717) is 6.61 Å². The minimum Gasteiger partial charge on any atom is -0.394 e. The Kier molecular flexibility index (Phi) is 6.22. The fraction of sp³-hybridized carbons (Fsp3) is 1.00. The summed E-state index contributed by atoms with van der Waals surface area (Å²) in [5.41, 5.74) is 0. The van der Waals surface area contributed by atoms with E-state index in [1.165, 1.54) is 12.8 Å². The SMILES string of the molecule is CC(C)C1CC(NCCCOCCO)C1. The Morgan fingerprint density at radius 3 is 2.67 bits per heavy atom. The molecule has 15 heavy (non-hydrogen) atoms. The molecule has 0 aromatic carbocycles. The molecule has 0 aliphatic heterocycles. The molecule has 1 aliphatic rings. The van der Waals surface area contributed by atoms with Gasteiger partial charge in [-0.3, -0.25) is 0 Å². The number of ether oxygens (including phenoxy) is 1. The van der Waals surface area contributed by atoms with Crippen molar-refractivity contribution in [2.75, 3.05) is 26.4 Å². The van der Waals surface area contributed by atoms with Crippen molar-refractivity contribution in [1.29, 1.82) is 0 Å². The topological polar surface area (TPSA) is 41.5 Å².